The lowest BCUT2D eigenvalue weighted by Gasteiger charge is -2.27. The van der Waals surface area contributed by atoms with Crippen LogP contribution >= 0.6 is 11.3 Å². The molecule has 3 aromatic carbocycles. The average Bonchev–Trinajstić information content (AvgIpc) is 3.25. The van der Waals surface area contributed by atoms with Gasteiger partial charge in [-0.25, -0.2) is 13.2 Å². The minimum atomic E-state index is -4.23. The van der Waals surface area contributed by atoms with Gasteiger partial charge < -0.3 is 10.5 Å². The fourth-order valence-electron chi connectivity index (χ4n) is 4.39. The van der Waals surface area contributed by atoms with Crippen LogP contribution in [0.4, 0.5) is 0 Å². The Kier molecular flexibility index (Phi) is 6.41. The van der Waals surface area contributed by atoms with Gasteiger partial charge in [0.1, 0.15) is 15.4 Å². The third-order valence-corrected chi connectivity index (χ3v) is 9.10. The van der Waals surface area contributed by atoms with E-state index in [0.29, 0.717) is 10.1 Å². The Hall–Kier alpha value is -4.21. The van der Waals surface area contributed by atoms with Crippen LogP contribution in [0.1, 0.15) is 17.0 Å². The number of esters is 1. The first-order valence-electron chi connectivity index (χ1n) is 11.3. The maximum absolute atomic E-state index is 14.0. The van der Waals surface area contributed by atoms with Gasteiger partial charge in [-0.1, -0.05) is 78.9 Å². The number of ether oxygens (including phenoxy) is 1. The van der Waals surface area contributed by atoms with Gasteiger partial charge in [0.2, 0.25) is 9.84 Å². The fraction of sp³-hybridized carbons (Fsp3) is 0.0714. The van der Waals surface area contributed by atoms with Crippen molar-refractivity contribution >= 4 is 44.6 Å². The molecule has 0 radical (unpaired) electrons. The molecule has 2 heterocycles. The summed E-state index contributed by atoms with van der Waals surface area (Å²) in [5.74, 6) is -2.07. The zero-order valence-corrected chi connectivity index (χ0v) is 21.3. The summed E-state index contributed by atoms with van der Waals surface area (Å²) in [6, 6.07) is 25.8. The summed E-state index contributed by atoms with van der Waals surface area (Å²) in [5, 5.41) is 0. The summed E-state index contributed by atoms with van der Waals surface area (Å²) in [6.45, 7) is 0. The molecule has 4 aromatic rings. The minimum absolute atomic E-state index is 0.000831. The molecule has 1 aliphatic rings. The zero-order valence-electron chi connectivity index (χ0n) is 19.7. The van der Waals surface area contributed by atoms with Gasteiger partial charge in [-0.05, 0) is 29.3 Å². The van der Waals surface area contributed by atoms with Crippen LogP contribution in [-0.2, 0) is 19.4 Å². The van der Waals surface area contributed by atoms with E-state index >= 15 is 0 Å². The lowest BCUT2D eigenvalue weighted by atomic mass is 9.89. The maximum atomic E-state index is 14.0. The highest BCUT2D eigenvalue weighted by molar-refractivity contribution is 7.95. The summed E-state index contributed by atoms with van der Waals surface area (Å²) < 4.78 is 34.8. The molecular formula is C28H22N2O5S2. The number of nitrogens with zero attached hydrogens (tertiary/aromatic N) is 1. The number of nitrogens with two attached hydrogens (primary N) is 1. The van der Waals surface area contributed by atoms with Crippen LogP contribution in [0.3, 0.4) is 0 Å². The molecule has 186 valence electrons. The van der Waals surface area contributed by atoms with E-state index in [-0.39, 0.29) is 25.9 Å². The quantitative estimate of drug-likeness (QED) is 0.397. The Balaban J connectivity index is 1.93. The molecule has 2 N–H and O–H groups in total. The molecule has 1 aliphatic heterocycles. The third-order valence-electron chi connectivity index (χ3n) is 6.08. The van der Waals surface area contributed by atoms with E-state index in [9.17, 15) is 18.0 Å². The van der Waals surface area contributed by atoms with E-state index in [4.69, 9.17) is 10.5 Å². The Morgan fingerprint density at radius 2 is 1.51 bits per heavy atom. The van der Waals surface area contributed by atoms with Crippen molar-refractivity contribution in [3.8, 4) is 0 Å². The van der Waals surface area contributed by atoms with Crippen molar-refractivity contribution in [2.75, 3.05) is 7.11 Å². The topological polar surface area (TPSA) is 108 Å². The van der Waals surface area contributed by atoms with E-state index < -0.39 is 27.3 Å². The number of hydrogen-bond donors (Lipinski definition) is 1. The van der Waals surface area contributed by atoms with Gasteiger partial charge in [0.05, 0.1) is 28.0 Å². The summed E-state index contributed by atoms with van der Waals surface area (Å²) in [4.78, 5) is 26.6. The first kappa shape index (κ1) is 24.5. The highest BCUT2D eigenvalue weighted by atomic mass is 32.2. The number of carbonyl (C=O) groups excluding carboxylic acids is 1. The molecule has 0 bridgehead atoms. The Labute approximate surface area is 217 Å². The number of carbonyl (C=O) groups is 1. The SMILES string of the molecule is COC(=O)C1=c2s/c(=C\c3ccccc3)c(=O)n2C(N)=C(S(=O)(=O)c2ccccc2)C1c1ccccc1. The number of rotatable bonds is 5. The van der Waals surface area contributed by atoms with Crippen molar-refractivity contribution < 1.29 is 17.9 Å². The van der Waals surface area contributed by atoms with Gasteiger partial charge in [0.15, 0.2) is 0 Å². The standard InChI is InChI=1S/C28H22N2O5S2/c1-35-28(32)23-22(19-13-7-3-8-14-19)24(37(33,34)20-15-9-4-10-16-20)25(29)30-26(31)21(36-27(23)30)17-18-11-5-2-6-12-18/h2-17,22H,29H2,1H3/b21-17-. The average molecular weight is 531 g/mol. The maximum Gasteiger partial charge on any atom is 0.337 e. The molecule has 1 atom stereocenters. The van der Waals surface area contributed by atoms with Gasteiger partial charge >= 0.3 is 5.97 Å². The second-order valence-electron chi connectivity index (χ2n) is 8.28. The second-order valence-corrected chi connectivity index (χ2v) is 11.2. The van der Waals surface area contributed by atoms with Crippen LogP contribution in [0.5, 0.6) is 0 Å². The lowest BCUT2D eigenvalue weighted by Crippen LogP contribution is -2.41. The van der Waals surface area contributed by atoms with E-state index in [1.54, 1.807) is 54.6 Å². The van der Waals surface area contributed by atoms with Gasteiger partial charge in [0, 0.05) is 0 Å². The normalized spacial score (nSPS) is 16.0. The Bertz CT molecular complexity index is 1810. The van der Waals surface area contributed by atoms with Crippen molar-refractivity contribution in [2.24, 2.45) is 5.73 Å². The Morgan fingerprint density at radius 1 is 0.946 bits per heavy atom. The van der Waals surface area contributed by atoms with Gasteiger partial charge in [-0.2, -0.15) is 0 Å². The summed E-state index contributed by atoms with van der Waals surface area (Å²) in [6.07, 6.45) is 1.68. The summed E-state index contributed by atoms with van der Waals surface area (Å²) >= 11 is 1.07. The molecule has 0 saturated heterocycles. The number of aromatic nitrogens is 1. The summed E-state index contributed by atoms with van der Waals surface area (Å²) in [5.41, 5.74) is 7.36. The first-order valence-corrected chi connectivity index (χ1v) is 13.6. The van der Waals surface area contributed by atoms with Crippen molar-refractivity contribution in [1.29, 1.82) is 0 Å². The van der Waals surface area contributed by atoms with E-state index in [2.05, 4.69) is 0 Å². The third kappa shape index (κ3) is 4.22. The predicted molar refractivity (Wildman–Crippen MR) is 143 cm³/mol. The summed E-state index contributed by atoms with van der Waals surface area (Å²) in [7, 11) is -3.01. The molecule has 1 aromatic heterocycles. The molecule has 37 heavy (non-hydrogen) atoms. The number of thiazole rings is 1. The van der Waals surface area contributed by atoms with Crippen molar-refractivity contribution in [1.82, 2.24) is 4.57 Å². The lowest BCUT2D eigenvalue weighted by molar-refractivity contribution is -0.134. The van der Waals surface area contributed by atoms with Crippen molar-refractivity contribution in [3.63, 3.8) is 0 Å². The molecular weight excluding hydrogens is 508 g/mol. The highest BCUT2D eigenvalue weighted by Gasteiger charge is 2.42. The molecule has 0 aliphatic carbocycles. The van der Waals surface area contributed by atoms with Crippen LogP contribution in [0.2, 0.25) is 0 Å². The van der Waals surface area contributed by atoms with Crippen molar-refractivity contribution in [3.05, 3.63) is 127 Å². The van der Waals surface area contributed by atoms with E-state index in [1.807, 2.05) is 30.3 Å². The zero-order chi connectivity index (χ0) is 26.2. The van der Waals surface area contributed by atoms with Gasteiger partial charge in [0.25, 0.3) is 5.56 Å². The molecule has 1 unspecified atom stereocenters. The van der Waals surface area contributed by atoms with Gasteiger partial charge in [-0.3, -0.25) is 9.36 Å². The number of benzene rings is 3. The van der Waals surface area contributed by atoms with E-state index in [0.717, 1.165) is 21.5 Å². The second kappa shape index (κ2) is 9.68. The van der Waals surface area contributed by atoms with Crippen LogP contribution in [0, 0.1) is 0 Å². The Morgan fingerprint density at radius 3 is 2.11 bits per heavy atom. The fourth-order valence-corrected chi connectivity index (χ4v) is 7.26. The monoisotopic (exact) mass is 530 g/mol. The molecule has 0 spiro atoms. The number of fused-ring (bicyclic) bond motifs is 1. The van der Waals surface area contributed by atoms with Crippen LogP contribution in [-0.4, -0.2) is 26.1 Å². The van der Waals surface area contributed by atoms with Crippen LogP contribution < -0.4 is 20.5 Å². The van der Waals surface area contributed by atoms with Crippen LogP contribution in [0.15, 0.2) is 106 Å². The number of methoxy groups -OCH3 is 1. The minimum Gasteiger partial charge on any atom is -0.466 e. The van der Waals surface area contributed by atoms with E-state index in [1.165, 1.54) is 19.2 Å². The molecule has 0 saturated carbocycles. The van der Waals surface area contributed by atoms with Gasteiger partial charge in [-0.15, -0.1) is 11.3 Å². The van der Waals surface area contributed by atoms with Crippen LogP contribution in [0.25, 0.3) is 17.5 Å². The molecule has 5 rings (SSSR count). The van der Waals surface area contributed by atoms with Crippen molar-refractivity contribution in [2.45, 2.75) is 10.8 Å². The predicted octanol–water partition coefficient (Wildman–Crippen LogP) is 2.42. The number of sulfone groups is 1. The smallest absolute Gasteiger partial charge is 0.337 e. The molecule has 9 heteroatoms. The molecule has 7 nitrogen and oxygen atoms in total. The number of allylic oxidation sites excluding steroid dienone is 1. The molecule has 0 amide bonds. The first-order chi connectivity index (χ1) is 17.8. The largest absolute Gasteiger partial charge is 0.466 e. The molecule has 0 fully saturated rings. The highest BCUT2D eigenvalue weighted by Crippen LogP contribution is 2.41. The number of hydrogen-bond acceptors (Lipinski definition) is 7.